The van der Waals surface area contributed by atoms with Gasteiger partial charge in [0, 0.05) is 26.1 Å². The van der Waals surface area contributed by atoms with Gasteiger partial charge in [0.15, 0.2) is 0 Å². The highest BCUT2D eigenvalue weighted by atomic mass is 16.2. The molecule has 2 rings (SSSR count). The first-order valence-corrected chi connectivity index (χ1v) is 5.57. The van der Waals surface area contributed by atoms with Gasteiger partial charge in [0.2, 0.25) is 5.91 Å². The third-order valence-electron chi connectivity index (χ3n) is 3.14. The van der Waals surface area contributed by atoms with Crippen LogP contribution in [0.2, 0.25) is 0 Å². The molecule has 1 unspecified atom stereocenters. The molecule has 0 aromatic rings. The van der Waals surface area contributed by atoms with Crippen molar-refractivity contribution in [1.82, 2.24) is 15.3 Å². The maximum absolute atomic E-state index is 11.5. The van der Waals surface area contributed by atoms with Crippen LogP contribution in [0.3, 0.4) is 0 Å². The molecule has 0 spiro atoms. The highest BCUT2D eigenvalue weighted by Crippen LogP contribution is 2.16. The summed E-state index contributed by atoms with van der Waals surface area (Å²) in [6, 6.07) is 0. The van der Waals surface area contributed by atoms with E-state index in [0.717, 1.165) is 38.6 Å². The number of nitrogens with one attached hydrogen (secondary N) is 1. The van der Waals surface area contributed by atoms with Crippen molar-refractivity contribution < 1.29 is 4.79 Å². The van der Waals surface area contributed by atoms with Gasteiger partial charge in [0.25, 0.3) is 0 Å². The van der Waals surface area contributed by atoms with E-state index in [0.29, 0.717) is 12.3 Å². The van der Waals surface area contributed by atoms with Crippen LogP contribution in [0.25, 0.3) is 0 Å². The lowest BCUT2D eigenvalue weighted by molar-refractivity contribution is -0.138. The zero-order valence-corrected chi connectivity index (χ0v) is 8.83. The minimum absolute atomic E-state index is 0.290. The van der Waals surface area contributed by atoms with Crippen molar-refractivity contribution in [1.29, 1.82) is 0 Å². The number of carbonyl (C=O) groups is 1. The molecule has 1 amide bonds. The standard InChI is InChI=1S/C10H19N3O/c1-2-13-10(14)4-6-12(13)8-9-3-5-11-7-9/h9,11H,2-8H2,1H3. The third kappa shape index (κ3) is 1.91. The molecule has 0 aliphatic carbocycles. The van der Waals surface area contributed by atoms with Gasteiger partial charge in [-0.3, -0.25) is 9.80 Å². The van der Waals surface area contributed by atoms with Crippen molar-refractivity contribution in [2.75, 3.05) is 32.7 Å². The maximum Gasteiger partial charge on any atom is 0.238 e. The molecule has 0 bridgehead atoms. The van der Waals surface area contributed by atoms with Crippen LogP contribution in [0.15, 0.2) is 0 Å². The van der Waals surface area contributed by atoms with E-state index in [1.54, 1.807) is 0 Å². The van der Waals surface area contributed by atoms with Crippen molar-refractivity contribution in [2.45, 2.75) is 19.8 Å². The van der Waals surface area contributed by atoms with Crippen LogP contribution in [-0.2, 0) is 4.79 Å². The van der Waals surface area contributed by atoms with Crippen LogP contribution in [0, 0.1) is 5.92 Å². The first kappa shape index (κ1) is 9.93. The average Bonchev–Trinajstić information content (AvgIpc) is 2.77. The van der Waals surface area contributed by atoms with Crippen LogP contribution < -0.4 is 5.32 Å². The van der Waals surface area contributed by atoms with E-state index in [4.69, 9.17) is 0 Å². The van der Waals surface area contributed by atoms with Crippen LogP contribution in [0.4, 0.5) is 0 Å². The fourth-order valence-electron chi connectivity index (χ4n) is 2.37. The van der Waals surface area contributed by atoms with Gasteiger partial charge in [-0.2, -0.15) is 0 Å². The molecule has 0 radical (unpaired) electrons. The Morgan fingerprint density at radius 3 is 3.07 bits per heavy atom. The van der Waals surface area contributed by atoms with E-state index in [1.165, 1.54) is 6.42 Å². The summed E-state index contributed by atoms with van der Waals surface area (Å²) in [5, 5.41) is 7.48. The van der Waals surface area contributed by atoms with Gasteiger partial charge in [-0.05, 0) is 32.4 Å². The van der Waals surface area contributed by atoms with Gasteiger partial charge < -0.3 is 5.32 Å². The van der Waals surface area contributed by atoms with E-state index < -0.39 is 0 Å². The summed E-state index contributed by atoms with van der Waals surface area (Å²) in [5.41, 5.74) is 0. The lowest BCUT2D eigenvalue weighted by Crippen LogP contribution is -2.41. The van der Waals surface area contributed by atoms with E-state index >= 15 is 0 Å². The zero-order valence-electron chi connectivity index (χ0n) is 8.83. The van der Waals surface area contributed by atoms with E-state index in [1.807, 2.05) is 11.9 Å². The number of amides is 1. The minimum Gasteiger partial charge on any atom is -0.316 e. The van der Waals surface area contributed by atoms with Crippen LogP contribution in [0.5, 0.6) is 0 Å². The van der Waals surface area contributed by atoms with Gasteiger partial charge in [0.05, 0.1) is 0 Å². The Kier molecular flexibility index (Phi) is 3.03. The van der Waals surface area contributed by atoms with Crippen LogP contribution >= 0.6 is 0 Å². The monoisotopic (exact) mass is 197 g/mol. The van der Waals surface area contributed by atoms with E-state index in [-0.39, 0.29) is 0 Å². The van der Waals surface area contributed by atoms with Crippen molar-refractivity contribution in [2.24, 2.45) is 5.92 Å². The van der Waals surface area contributed by atoms with Crippen LogP contribution in [0.1, 0.15) is 19.8 Å². The third-order valence-corrected chi connectivity index (χ3v) is 3.14. The Morgan fingerprint density at radius 2 is 2.43 bits per heavy atom. The summed E-state index contributed by atoms with van der Waals surface area (Å²) in [6.45, 7) is 7.08. The van der Waals surface area contributed by atoms with Crippen molar-refractivity contribution in [3.8, 4) is 0 Å². The van der Waals surface area contributed by atoms with Crippen molar-refractivity contribution in [3.05, 3.63) is 0 Å². The number of carbonyl (C=O) groups excluding carboxylic acids is 1. The van der Waals surface area contributed by atoms with Crippen molar-refractivity contribution >= 4 is 5.91 Å². The lowest BCUT2D eigenvalue weighted by atomic mass is 10.1. The Bertz CT molecular complexity index is 213. The van der Waals surface area contributed by atoms with E-state index in [9.17, 15) is 4.79 Å². The zero-order chi connectivity index (χ0) is 9.97. The molecule has 2 heterocycles. The predicted molar refractivity (Wildman–Crippen MR) is 54.6 cm³/mol. The van der Waals surface area contributed by atoms with E-state index in [2.05, 4.69) is 10.3 Å². The normalized spacial score (nSPS) is 29.1. The summed E-state index contributed by atoms with van der Waals surface area (Å²) < 4.78 is 0. The maximum atomic E-state index is 11.5. The van der Waals surface area contributed by atoms with Gasteiger partial charge >= 0.3 is 0 Å². The first-order chi connectivity index (χ1) is 6.81. The van der Waals surface area contributed by atoms with Crippen LogP contribution in [-0.4, -0.2) is 48.6 Å². The molecule has 4 nitrogen and oxygen atoms in total. The molecule has 2 saturated heterocycles. The summed E-state index contributed by atoms with van der Waals surface area (Å²) in [6.07, 6.45) is 1.95. The smallest absolute Gasteiger partial charge is 0.238 e. The number of nitrogens with zero attached hydrogens (tertiary/aromatic N) is 2. The highest BCUT2D eigenvalue weighted by Gasteiger charge is 2.29. The number of hydrazine groups is 1. The number of hydrogen-bond donors (Lipinski definition) is 1. The summed E-state index contributed by atoms with van der Waals surface area (Å²) in [5.74, 6) is 1.02. The Labute approximate surface area is 85.2 Å². The average molecular weight is 197 g/mol. The molecular weight excluding hydrogens is 178 g/mol. The molecule has 1 atom stereocenters. The predicted octanol–water partition coefficient (Wildman–Crippen LogP) is 0.0651. The second-order valence-corrected chi connectivity index (χ2v) is 4.13. The fraction of sp³-hybridized carbons (Fsp3) is 0.900. The van der Waals surface area contributed by atoms with Gasteiger partial charge in [0.1, 0.15) is 0 Å². The van der Waals surface area contributed by atoms with Crippen molar-refractivity contribution in [3.63, 3.8) is 0 Å². The van der Waals surface area contributed by atoms with Gasteiger partial charge in [-0.25, -0.2) is 5.01 Å². The molecule has 0 aromatic carbocycles. The highest BCUT2D eigenvalue weighted by molar-refractivity contribution is 5.77. The van der Waals surface area contributed by atoms with Gasteiger partial charge in [-0.1, -0.05) is 0 Å². The molecule has 1 N–H and O–H groups in total. The molecule has 0 saturated carbocycles. The Balaban J connectivity index is 1.87. The quantitative estimate of drug-likeness (QED) is 0.695. The molecule has 80 valence electrons. The second kappa shape index (κ2) is 4.28. The Morgan fingerprint density at radius 1 is 1.57 bits per heavy atom. The molecule has 14 heavy (non-hydrogen) atoms. The SMILES string of the molecule is CCN1C(=O)CCN1CC1CCNC1. The number of hydrogen-bond acceptors (Lipinski definition) is 3. The second-order valence-electron chi connectivity index (χ2n) is 4.13. The summed E-state index contributed by atoms with van der Waals surface area (Å²) >= 11 is 0. The molecule has 2 aliphatic heterocycles. The summed E-state index contributed by atoms with van der Waals surface area (Å²) in [4.78, 5) is 11.5. The lowest BCUT2D eigenvalue weighted by Gasteiger charge is -2.28. The van der Waals surface area contributed by atoms with Gasteiger partial charge in [-0.15, -0.1) is 0 Å². The molecule has 4 heteroatoms. The fourth-order valence-corrected chi connectivity index (χ4v) is 2.37. The largest absolute Gasteiger partial charge is 0.316 e. The minimum atomic E-state index is 0.290. The molecule has 2 fully saturated rings. The molecule has 0 aromatic heterocycles. The number of rotatable bonds is 3. The Hall–Kier alpha value is -0.610. The molecular formula is C10H19N3O. The summed E-state index contributed by atoms with van der Waals surface area (Å²) in [7, 11) is 0. The molecule has 2 aliphatic rings. The first-order valence-electron chi connectivity index (χ1n) is 5.57. The topological polar surface area (TPSA) is 35.6 Å².